The summed E-state index contributed by atoms with van der Waals surface area (Å²) in [6.07, 6.45) is 1.85. The number of nitrogens with one attached hydrogen (secondary N) is 1. The van der Waals surface area contributed by atoms with E-state index in [9.17, 15) is 0 Å². The number of nitrogens with zero attached hydrogens (tertiary/aromatic N) is 1. The van der Waals surface area contributed by atoms with Crippen LogP contribution < -0.4 is 4.74 Å². The zero-order chi connectivity index (χ0) is 17.3. The van der Waals surface area contributed by atoms with Gasteiger partial charge in [-0.15, -0.1) is 0 Å². The average Bonchev–Trinajstić information content (AvgIpc) is 2.95. The smallest absolute Gasteiger partial charge is 0.144 e. The van der Waals surface area contributed by atoms with Crippen molar-refractivity contribution in [2.45, 2.75) is 26.2 Å². The molecule has 0 bridgehead atoms. The number of benzene rings is 1. The summed E-state index contributed by atoms with van der Waals surface area (Å²) < 4.78 is 5.48. The molecule has 0 saturated heterocycles. The van der Waals surface area contributed by atoms with E-state index in [4.69, 9.17) is 9.84 Å². The predicted octanol–water partition coefficient (Wildman–Crippen LogP) is 4.98. The Morgan fingerprint density at radius 2 is 2.00 bits per heavy atom. The number of pyridine rings is 1. The van der Waals surface area contributed by atoms with Crippen LogP contribution in [0.5, 0.6) is 5.75 Å². The number of H-pyrrole nitrogens is 1. The average molecular weight is 322 g/mol. The highest BCUT2D eigenvalue weighted by Gasteiger charge is 2.15. The Labute approximate surface area is 141 Å². The van der Waals surface area contributed by atoms with Crippen molar-refractivity contribution in [2.24, 2.45) is 0 Å². The van der Waals surface area contributed by atoms with E-state index in [2.05, 4.69) is 55.5 Å². The summed E-state index contributed by atoms with van der Waals surface area (Å²) in [5, 5.41) is 10.2. The Morgan fingerprint density at radius 3 is 2.71 bits per heavy atom. The fourth-order valence-electron chi connectivity index (χ4n) is 2.55. The molecule has 3 aromatic rings. The highest BCUT2D eigenvalue weighted by molar-refractivity contribution is 5.86. The molecule has 4 heteroatoms. The molecule has 2 aromatic heterocycles. The second-order valence-electron chi connectivity index (χ2n) is 6.97. The van der Waals surface area contributed by atoms with Gasteiger partial charge in [0.1, 0.15) is 18.1 Å². The minimum absolute atomic E-state index is 0.00745. The van der Waals surface area contributed by atoms with E-state index < -0.39 is 0 Å². The molecule has 0 atom stereocenters. The molecule has 0 unspecified atom stereocenters. The van der Waals surface area contributed by atoms with Crippen LogP contribution in [0.3, 0.4) is 0 Å². The molecule has 3 rings (SSSR count). The summed E-state index contributed by atoms with van der Waals surface area (Å²) in [6, 6.07) is 12.0. The van der Waals surface area contributed by atoms with E-state index in [1.165, 1.54) is 5.56 Å². The van der Waals surface area contributed by atoms with Crippen LogP contribution in [0.2, 0.25) is 0 Å². The molecule has 0 spiro atoms. The largest absolute Gasteiger partial charge is 0.509 e. The highest BCUT2D eigenvalue weighted by atomic mass is 16.5. The molecule has 0 aliphatic carbocycles. The van der Waals surface area contributed by atoms with Crippen LogP contribution in [0, 0.1) is 0 Å². The number of aliphatic hydroxyl groups excluding tert-OH is 1. The van der Waals surface area contributed by atoms with Crippen molar-refractivity contribution in [1.29, 1.82) is 0 Å². The number of hydrogen-bond acceptors (Lipinski definition) is 3. The summed E-state index contributed by atoms with van der Waals surface area (Å²) in [5.41, 5.74) is 4.24. The van der Waals surface area contributed by atoms with Gasteiger partial charge in [-0.2, -0.15) is 0 Å². The molecule has 0 radical (unpaired) electrons. The number of aliphatic hydroxyl groups is 1. The van der Waals surface area contributed by atoms with E-state index in [1.54, 1.807) is 0 Å². The first kappa shape index (κ1) is 16.1. The monoisotopic (exact) mass is 322 g/mol. The molecule has 1 aromatic carbocycles. The third-order valence-electron chi connectivity index (χ3n) is 3.90. The number of rotatable bonds is 4. The summed E-state index contributed by atoms with van der Waals surface area (Å²) in [5.74, 6) is 0.702. The summed E-state index contributed by atoms with van der Waals surface area (Å²) in [4.78, 5) is 7.89. The van der Waals surface area contributed by atoms with E-state index in [0.29, 0.717) is 5.75 Å². The maximum Gasteiger partial charge on any atom is 0.144 e. The number of hydrogen-bond donors (Lipinski definition) is 2. The first-order valence-corrected chi connectivity index (χ1v) is 7.92. The molecule has 4 nitrogen and oxygen atoms in total. The molecule has 0 aliphatic heterocycles. The molecule has 124 valence electrons. The standard InChI is InChI=1S/C20H22N2O2/c1-13(23)12-24-16-5-6-17-14(9-16)10-19(22-17)18-11-15(7-8-21-18)20(2,3)4/h5-11,22-23H,1,12H2,2-4H3. The number of fused-ring (bicyclic) bond motifs is 1. The van der Waals surface area contributed by atoms with E-state index in [1.807, 2.05) is 24.4 Å². The van der Waals surface area contributed by atoms with Gasteiger partial charge in [-0.1, -0.05) is 27.4 Å². The maximum absolute atomic E-state index is 9.14. The molecule has 2 heterocycles. The quantitative estimate of drug-likeness (QED) is 0.666. The van der Waals surface area contributed by atoms with Crippen LogP contribution >= 0.6 is 0 Å². The first-order chi connectivity index (χ1) is 11.3. The number of ether oxygens (including phenoxy) is 1. The first-order valence-electron chi connectivity index (χ1n) is 7.92. The minimum atomic E-state index is 0.00745. The third kappa shape index (κ3) is 3.43. The van der Waals surface area contributed by atoms with Crippen molar-refractivity contribution in [3.63, 3.8) is 0 Å². The predicted molar refractivity (Wildman–Crippen MR) is 97.5 cm³/mol. The Bertz CT molecular complexity index is 888. The summed E-state index contributed by atoms with van der Waals surface area (Å²) in [7, 11) is 0. The molecular formula is C20H22N2O2. The van der Waals surface area contributed by atoms with Gasteiger partial charge in [0.25, 0.3) is 0 Å². The van der Waals surface area contributed by atoms with E-state index >= 15 is 0 Å². The Morgan fingerprint density at radius 1 is 1.21 bits per heavy atom. The fourth-order valence-corrected chi connectivity index (χ4v) is 2.55. The zero-order valence-electron chi connectivity index (χ0n) is 14.3. The maximum atomic E-state index is 9.14. The van der Waals surface area contributed by atoms with Crippen LogP contribution in [0.1, 0.15) is 26.3 Å². The fraction of sp³-hybridized carbons (Fsp3) is 0.250. The van der Waals surface area contributed by atoms with Gasteiger partial charge in [-0.3, -0.25) is 4.98 Å². The SMILES string of the molecule is C=C(O)COc1ccc2[nH]c(-c3cc(C(C)(C)C)ccn3)cc2c1. The van der Waals surface area contributed by atoms with Crippen molar-refractivity contribution < 1.29 is 9.84 Å². The lowest BCUT2D eigenvalue weighted by atomic mass is 9.87. The Hall–Kier alpha value is -2.75. The van der Waals surface area contributed by atoms with Crippen LogP contribution in [-0.4, -0.2) is 21.7 Å². The lowest BCUT2D eigenvalue weighted by Gasteiger charge is -2.19. The van der Waals surface area contributed by atoms with Gasteiger partial charge in [-0.25, -0.2) is 0 Å². The second-order valence-corrected chi connectivity index (χ2v) is 6.97. The van der Waals surface area contributed by atoms with Gasteiger partial charge in [-0.05, 0) is 47.4 Å². The van der Waals surface area contributed by atoms with Gasteiger partial charge in [0.2, 0.25) is 0 Å². The Kier molecular flexibility index (Phi) is 4.06. The summed E-state index contributed by atoms with van der Waals surface area (Å²) >= 11 is 0. The van der Waals surface area contributed by atoms with Crippen LogP contribution in [-0.2, 0) is 5.41 Å². The molecule has 24 heavy (non-hydrogen) atoms. The van der Waals surface area contributed by atoms with Crippen molar-refractivity contribution in [2.75, 3.05) is 6.61 Å². The topological polar surface area (TPSA) is 58.1 Å². The number of aromatic amines is 1. The van der Waals surface area contributed by atoms with Crippen LogP contribution in [0.25, 0.3) is 22.3 Å². The molecular weight excluding hydrogens is 300 g/mol. The van der Waals surface area contributed by atoms with Crippen LogP contribution in [0.4, 0.5) is 0 Å². The lowest BCUT2D eigenvalue weighted by Crippen LogP contribution is -2.11. The number of aromatic nitrogens is 2. The zero-order valence-corrected chi connectivity index (χ0v) is 14.3. The van der Waals surface area contributed by atoms with Crippen LogP contribution in [0.15, 0.2) is 54.9 Å². The minimum Gasteiger partial charge on any atom is -0.509 e. The lowest BCUT2D eigenvalue weighted by molar-refractivity contribution is 0.272. The van der Waals surface area contributed by atoms with Crippen molar-refractivity contribution in [3.8, 4) is 17.1 Å². The van der Waals surface area contributed by atoms with Crippen molar-refractivity contribution >= 4 is 10.9 Å². The van der Waals surface area contributed by atoms with Gasteiger partial charge in [0.15, 0.2) is 0 Å². The van der Waals surface area contributed by atoms with Crippen molar-refractivity contribution in [3.05, 3.63) is 60.5 Å². The molecule has 0 aliphatic rings. The Balaban J connectivity index is 1.95. The van der Waals surface area contributed by atoms with Gasteiger partial charge >= 0.3 is 0 Å². The molecule has 0 amide bonds. The summed E-state index contributed by atoms with van der Waals surface area (Å²) in [6.45, 7) is 10.1. The second kappa shape index (κ2) is 6.04. The highest BCUT2D eigenvalue weighted by Crippen LogP contribution is 2.29. The molecule has 0 saturated carbocycles. The van der Waals surface area contributed by atoms with Gasteiger partial charge < -0.3 is 14.8 Å². The van der Waals surface area contributed by atoms with Gasteiger partial charge in [0.05, 0.1) is 11.4 Å². The van der Waals surface area contributed by atoms with E-state index in [-0.39, 0.29) is 17.8 Å². The third-order valence-corrected chi connectivity index (χ3v) is 3.90. The van der Waals surface area contributed by atoms with Gasteiger partial charge in [0, 0.05) is 17.1 Å². The normalized spacial score (nSPS) is 11.6. The van der Waals surface area contributed by atoms with E-state index in [0.717, 1.165) is 22.3 Å². The molecule has 0 fully saturated rings. The molecule has 2 N–H and O–H groups in total. The van der Waals surface area contributed by atoms with Crippen molar-refractivity contribution in [1.82, 2.24) is 9.97 Å².